The van der Waals surface area contributed by atoms with Crippen molar-refractivity contribution in [1.29, 1.82) is 0 Å². The van der Waals surface area contributed by atoms with Gasteiger partial charge in [0.05, 0.1) is 0 Å². The molecule has 0 fully saturated rings. The van der Waals surface area contributed by atoms with Crippen LogP contribution in [0.3, 0.4) is 0 Å². The summed E-state index contributed by atoms with van der Waals surface area (Å²) in [4.78, 5) is 0. The number of benzene rings is 1. The number of hydrogen-bond donors (Lipinski definition) is 2. The molecule has 1 heterocycles. The van der Waals surface area contributed by atoms with Crippen molar-refractivity contribution in [2.24, 2.45) is 0 Å². The average molecular weight is 360 g/mol. The molecule has 0 bridgehead atoms. The summed E-state index contributed by atoms with van der Waals surface area (Å²) in [6, 6.07) is 9.71. The Morgan fingerprint density at radius 3 is 2.45 bits per heavy atom. The SMILES string of the molecule is CC(NS(=O)(=O)c1ccc(CO)o1)c1ccc(Br)cc1. The molecule has 1 aromatic heterocycles. The molecule has 5 nitrogen and oxygen atoms in total. The molecule has 0 aliphatic heterocycles. The van der Waals surface area contributed by atoms with Crippen molar-refractivity contribution in [3.63, 3.8) is 0 Å². The van der Waals surface area contributed by atoms with Crippen molar-refractivity contribution in [1.82, 2.24) is 4.72 Å². The molecule has 1 unspecified atom stereocenters. The van der Waals surface area contributed by atoms with Gasteiger partial charge in [0.25, 0.3) is 10.0 Å². The maximum Gasteiger partial charge on any atom is 0.274 e. The van der Waals surface area contributed by atoms with E-state index >= 15 is 0 Å². The maximum atomic E-state index is 12.1. The van der Waals surface area contributed by atoms with E-state index in [9.17, 15) is 8.42 Å². The highest BCUT2D eigenvalue weighted by atomic mass is 79.9. The molecule has 0 aliphatic rings. The topological polar surface area (TPSA) is 79.5 Å². The molecule has 2 N–H and O–H groups in total. The highest BCUT2D eigenvalue weighted by Crippen LogP contribution is 2.20. The first-order chi connectivity index (χ1) is 9.42. The summed E-state index contributed by atoms with van der Waals surface area (Å²) in [6.45, 7) is 1.41. The Morgan fingerprint density at radius 1 is 1.25 bits per heavy atom. The molecule has 2 rings (SSSR count). The molecule has 1 aromatic carbocycles. The standard InChI is InChI=1S/C13H14BrNO4S/c1-9(10-2-4-11(14)5-3-10)15-20(17,18)13-7-6-12(8-16)19-13/h2-7,9,15-16H,8H2,1H3. The fraction of sp³-hybridized carbons (Fsp3) is 0.231. The van der Waals surface area contributed by atoms with E-state index < -0.39 is 16.1 Å². The molecule has 0 aliphatic carbocycles. The van der Waals surface area contributed by atoms with Gasteiger partial charge in [0.15, 0.2) is 0 Å². The van der Waals surface area contributed by atoms with Gasteiger partial charge < -0.3 is 9.52 Å². The van der Waals surface area contributed by atoms with Gasteiger partial charge in [0.1, 0.15) is 12.4 Å². The number of halogens is 1. The van der Waals surface area contributed by atoms with Crippen molar-refractivity contribution >= 4 is 26.0 Å². The van der Waals surface area contributed by atoms with Crippen LogP contribution in [0.5, 0.6) is 0 Å². The third-order valence-corrected chi connectivity index (χ3v) is 4.70. The zero-order valence-corrected chi connectivity index (χ0v) is 13.1. The van der Waals surface area contributed by atoms with Crippen molar-refractivity contribution in [3.05, 3.63) is 52.2 Å². The van der Waals surface area contributed by atoms with Crippen molar-refractivity contribution in [2.75, 3.05) is 0 Å². The minimum absolute atomic E-state index is 0.203. The monoisotopic (exact) mass is 359 g/mol. The number of nitrogens with one attached hydrogen (secondary N) is 1. The molecule has 20 heavy (non-hydrogen) atoms. The maximum absolute atomic E-state index is 12.1. The lowest BCUT2D eigenvalue weighted by Gasteiger charge is -2.13. The van der Waals surface area contributed by atoms with Crippen LogP contribution in [0.15, 0.2) is 50.4 Å². The zero-order valence-electron chi connectivity index (χ0n) is 10.7. The first-order valence-corrected chi connectivity index (χ1v) is 8.17. The lowest BCUT2D eigenvalue weighted by atomic mass is 10.1. The first-order valence-electron chi connectivity index (χ1n) is 5.90. The van der Waals surface area contributed by atoms with Crippen LogP contribution in [0, 0.1) is 0 Å². The van der Waals surface area contributed by atoms with Crippen LogP contribution in [0.4, 0.5) is 0 Å². The lowest BCUT2D eigenvalue weighted by molar-refractivity contribution is 0.236. The Balaban J connectivity index is 2.17. The predicted molar refractivity (Wildman–Crippen MR) is 77.5 cm³/mol. The fourth-order valence-electron chi connectivity index (χ4n) is 1.70. The van der Waals surface area contributed by atoms with E-state index in [1.54, 1.807) is 6.92 Å². The quantitative estimate of drug-likeness (QED) is 0.859. The van der Waals surface area contributed by atoms with Gasteiger partial charge in [-0.3, -0.25) is 0 Å². The molecule has 0 spiro atoms. The molecule has 0 radical (unpaired) electrons. The predicted octanol–water partition coefficient (Wildman–Crippen LogP) is 2.57. The lowest BCUT2D eigenvalue weighted by Crippen LogP contribution is -2.26. The Hall–Kier alpha value is -1.15. The van der Waals surface area contributed by atoms with Gasteiger partial charge in [0, 0.05) is 10.5 Å². The minimum Gasteiger partial charge on any atom is -0.446 e. The Morgan fingerprint density at radius 2 is 1.90 bits per heavy atom. The third kappa shape index (κ3) is 3.49. The molecule has 0 amide bonds. The summed E-state index contributed by atoms with van der Waals surface area (Å²) in [5.41, 5.74) is 0.839. The van der Waals surface area contributed by atoms with Gasteiger partial charge >= 0.3 is 0 Å². The Labute approximate surface area is 125 Å². The summed E-state index contributed by atoms with van der Waals surface area (Å²) in [7, 11) is -3.75. The van der Waals surface area contributed by atoms with Crippen LogP contribution in [0.25, 0.3) is 0 Å². The number of rotatable bonds is 5. The highest BCUT2D eigenvalue weighted by molar-refractivity contribution is 9.10. The summed E-state index contributed by atoms with van der Waals surface area (Å²) < 4.78 is 32.7. The summed E-state index contributed by atoms with van der Waals surface area (Å²) in [6.07, 6.45) is 0. The van der Waals surface area contributed by atoms with Gasteiger partial charge in [-0.15, -0.1) is 0 Å². The molecular formula is C13H14BrNO4S. The average Bonchev–Trinajstić information content (AvgIpc) is 2.88. The normalized spacial score (nSPS) is 13.3. The second-order valence-electron chi connectivity index (χ2n) is 4.27. The number of sulfonamides is 1. The van der Waals surface area contributed by atoms with Gasteiger partial charge in [0.2, 0.25) is 5.09 Å². The van der Waals surface area contributed by atoms with E-state index in [0.29, 0.717) is 0 Å². The molecular weight excluding hydrogens is 346 g/mol. The van der Waals surface area contributed by atoms with E-state index in [2.05, 4.69) is 20.7 Å². The van der Waals surface area contributed by atoms with E-state index in [1.807, 2.05) is 24.3 Å². The van der Waals surface area contributed by atoms with Crippen molar-refractivity contribution in [3.8, 4) is 0 Å². The van der Waals surface area contributed by atoms with Crippen LogP contribution >= 0.6 is 15.9 Å². The van der Waals surface area contributed by atoms with Crippen molar-refractivity contribution < 1.29 is 17.9 Å². The van der Waals surface area contributed by atoms with Gasteiger partial charge in [-0.25, -0.2) is 13.1 Å². The zero-order chi connectivity index (χ0) is 14.8. The number of aliphatic hydroxyl groups is 1. The first kappa shape index (κ1) is 15.2. The Bertz CT molecular complexity index is 679. The molecule has 2 aromatic rings. The Kier molecular flexibility index (Phi) is 4.64. The highest BCUT2D eigenvalue weighted by Gasteiger charge is 2.21. The molecule has 0 saturated heterocycles. The van der Waals surface area contributed by atoms with Gasteiger partial charge in [-0.1, -0.05) is 28.1 Å². The van der Waals surface area contributed by atoms with E-state index in [4.69, 9.17) is 9.52 Å². The number of hydrogen-bond acceptors (Lipinski definition) is 4. The van der Waals surface area contributed by atoms with Gasteiger partial charge in [-0.2, -0.15) is 0 Å². The molecule has 0 saturated carbocycles. The van der Waals surface area contributed by atoms with E-state index in [-0.39, 0.29) is 17.5 Å². The summed E-state index contributed by atoms with van der Waals surface area (Å²) in [5, 5.41) is 8.69. The summed E-state index contributed by atoms with van der Waals surface area (Å²) >= 11 is 3.33. The molecule has 1 atom stereocenters. The smallest absolute Gasteiger partial charge is 0.274 e. The van der Waals surface area contributed by atoms with Crippen molar-refractivity contribution in [2.45, 2.75) is 24.7 Å². The van der Waals surface area contributed by atoms with Crippen LogP contribution in [0.2, 0.25) is 0 Å². The third-order valence-electron chi connectivity index (χ3n) is 2.76. The van der Waals surface area contributed by atoms with E-state index in [0.717, 1.165) is 10.0 Å². The summed E-state index contributed by atoms with van der Waals surface area (Å²) in [5.74, 6) is 0.210. The largest absolute Gasteiger partial charge is 0.446 e. The number of furan rings is 1. The van der Waals surface area contributed by atoms with Crippen LogP contribution in [-0.2, 0) is 16.6 Å². The second kappa shape index (κ2) is 6.09. The molecule has 7 heteroatoms. The fourth-order valence-corrected chi connectivity index (χ4v) is 3.14. The molecule has 108 valence electrons. The van der Waals surface area contributed by atoms with Crippen LogP contribution < -0.4 is 4.72 Å². The van der Waals surface area contributed by atoms with Crippen LogP contribution in [-0.4, -0.2) is 13.5 Å². The van der Waals surface area contributed by atoms with Crippen LogP contribution in [0.1, 0.15) is 24.3 Å². The second-order valence-corrected chi connectivity index (χ2v) is 6.83. The number of aliphatic hydroxyl groups excluding tert-OH is 1. The van der Waals surface area contributed by atoms with Gasteiger partial charge in [-0.05, 0) is 36.8 Å². The van der Waals surface area contributed by atoms with E-state index in [1.165, 1.54) is 12.1 Å². The minimum atomic E-state index is -3.75.